The van der Waals surface area contributed by atoms with Crippen molar-refractivity contribution in [1.29, 1.82) is 0 Å². The summed E-state index contributed by atoms with van der Waals surface area (Å²) in [6.45, 7) is 0.194. The van der Waals surface area contributed by atoms with Gasteiger partial charge in [-0.15, -0.1) is 11.8 Å². The minimum Gasteiger partial charge on any atom is -0.481 e. The molecule has 0 aromatic heterocycles. The second-order valence-electron chi connectivity index (χ2n) is 3.86. The summed E-state index contributed by atoms with van der Waals surface area (Å²) < 4.78 is 37.6. The highest BCUT2D eigenvalue weighted by Crippen LogP contribution is 2.22. The van der Waals surface area contributed by atoms with Crippen LogP contribution in [-0.4, -0.2) is 38.0 Å². The number of carbonyl (C=O) groups is 1. The van der Waals surface area contributed by atoms with Crippen LogP contribution in [-0.2, 0) is 21.2 Å². The van der Waals surface area contributed by atoms with Crippen molar-refractivity contribution in [2.75, 3.05) is 18.6 Å². The van der Waals surface area contributed by atoms with Crippen LogP contribution in [0.15, 0.2) is 23.1 Å². The Morgan fingerprint density at radius 2 is 2.16 bits per heavy atom. The second kappa shape index (κ2) is 6.88. The summed E-state index contributed by atoms with van der Waals surface area (Å²) in [4.78, 5) is 10.6. The van der Waals surface area contributed by atoms with E-state index in [0.717, 1.165) is 18.0 Å². The maximum Gasteiger partial charge on any atom is 0.313 e. The van der Waals surface area contributed by atoms with Crippen molar-refractivity contribution in [2.45, 2.75) is 11.3 Å². The minimum atomic E-state index is -3.24. The minimum absolute atomic E-state index is 0.194. The van der Waals surface area contributed by atoms with Crippen molar-refractivity contribution in [3.05, 3.63) is 29.6 Å². The maximum absolute atomic E-state index is 13.6. The van der Waals surface area contributed by atoms with Crippen LogP contribution in [0.4, 0.5) is 4.39 Å². The molecule has 0 fully saturated rings. The van der Waals surface area contributed by atoms with E-state index in [4.69, 9.17) is 5.11 Å². The molecule has 8 heteroatoms. The molecular formula is C11H14FNO4S2. The van der Waals surface area contributed by atoms with E-state index in [1.807, 2.05) is 0 Å². The van der Waals surface area contributed by atoms with Gasteiger partial charge in [-0.05, 0) is 24.1 Å². The smallest absolute Gasteiger partial charge is 0.313 e. The normalized spacial score (nSPS) is 11.5. The number of rotatable bonds is 7. The number of carboxylic acids is 1. The molecule has 0 radical (unpaired) electrons. The number of halogens is 1. The molecule has 1 aromatic carbocycles. The van der Waals surface area contributed by atoms with Gasteiger partial charge in [-0.25, -0.2) is 17.5 Å². The van der Waals surface area contributed by atoms with Crippen LogP contribution >= 0.6 is 11.8 Å². The molecule has 0 bridgehead atoms. The van der Waals surface area contributed by atoms with Crippen molar-refractivity contribution >= 4 is 27.8 Å². The summed E-state index contributed by atoms with van der Waals surface area (Å²) in [6, 6.07) is 4.43. The molecule has 0 saturated heterocycles. The standard InChI is InChI=1S/C11H14FNO4S2/c1-19(16,17)13-5-4-8-2-3-10(9(12)6-8)18-7-11(14)15/h2-3,6,13H,4-5,7H2,1H3,(H,14,15). The topological polar surface area (TPSA) is 83.5 Å². The monoisotopic (exact) mass is 307 g/mol. The number of carboxylic acid groups (broad SMARTS) is 1. The van der Waals surface area contributed by atoms with Crippen molar-refractivity contribution < 1.29 is 22.7 Å². The maximum atomic E-state index is 13.6. The Balaban J connectivity index is 2.58. The van der Waals surface area contributed by atoms with E-state index in [1.165, 1.54) is 12.1 Å². The molecule has 0 atom stereocenters. The second-order valence-corrected chi connectivity index (χ2v) is 6.71. The largest absolute Gasteiger partial charge is 0.481 e. The first-order valence-electron chi connectivity index (χ1n) is 5.35. The molecule has 106 valence electrons. The van der Waals surface area contributed by atoms with Crippen molar-refractivity contribution in [1.82, 2.24) is 4.72 Å². The summed E-state index contributed by atoms with van der Waals surface area (Å²) in [5.74, 6) is -1.71. The zero-order valence-corrected chi connectivity index (χ0v) is 11.9. The van der Waals surface area contributed by atoms with E-state index < -0.39 is 21.8 Å². The molecule has 1 rings (SSSR count). The lowest BCUT2D eigenvalue weighted by Gasteiger charge is -2.05. The Morgan fingerprint density at radius 3 is 2.68 bits per heavy atom. The van der Waals surface area contributed by atoms with Gasteiger partial charge in [-0.2, -0.15) is 0 Å². The quantitative estimate of drug-likeness (QED) is 0.737. The fourth-order valence-electron chi connectivity index (χ4n) is 1.34. The fraction of sp³-hybridized carbons (Fsp3) is 0.364. The van der Waals surface area contributed by atoms with Crippen LogP contribution < -0.4 is 4.72 Å². The molecule has 0 unspecified atom stereocenters. The first kappa shape index (κ1) is 15.9. The predicted molar refractivity (Wildman–Crippen MR) is 71.3 cm³/mol. The van der Waals surface area contributed by atoms with Gasteiger partial charge >= 0.3 is 5.97 Å². The van der Waals surface area contributed by atoms with Gasteiger partial charge in [0.25, 0.3) is 0 Å². The summed E-state index contributed by atoms with van der Waals surface area (Å²) in [5.41, 5.74) is 0.647. The summed E-state index contributed by atoms with van der Waals surface area (Å²) >= 11 is 0.906. The average Bonchev–Trinajstić information content (AvgIpc) is 2.26. The molecule has 1 aromatic rings. The van der Waals surface area contributed by atoms with Gasteiger partial charge in [-0.1, -0.05) is 6.07 Å². The molecule has 0 aliphatic rings. The number of thioether (sulfide) groups is 1. The first-order valence-corrected chi connectivity index (χ1v) is 8.23. The lowest BCUT2D eigenvalue weighted by atomic mass is 10.1. The van der Waals surface area contributed by atoms with E-state index in [2.05, 4.69) is 4.72 Å². The highest BCUT2D eigenvalue weighted by molar-refractivity contribution is 8.00. The fourth-order valence-corrected chi connectivity index (χ4v) is 2.45. The molecule has 0 saturated carbocycles. The Labute approximate surface area is 115 Å². The Bertz CT molecular complexity index is 560. The van der Waals surface area contributed by atoms with Gasteiger partial charge in [0, 0.05) is 11.4 Å². The van der Waals surface area contributed by atoms with E-state index >= 15 is 0 Å². The third-order valence-electron chi connectivity index (χ3n) is 2.13. The SMILES string of the molecule is CS(=O)(=O)NCCc1ccc(SCC(=O)O)c(F)c1. The molecule has 2 N–H and O–H groups in total. The van der Waals surface area contributed by atoms with E-state index in [0.29, 0.717) is 12.0 Å². The van der Waals surface area contributed by atoms with Crippen molar-refractivity contribution in [2.24, 2.45) is 0 Å². The number of sulfonamides is 1. The van der Waals surface area contributed by atoms with Crippen LogP contribution in [0.2, 0.25) is 0 Å². The van der Waals surface area contributed by atoms with Gasteiger partial charge in [0.15, 0.2) is 0 Å². The van der Waals surface area contributed by atoms with Crippen molar-refractivity contribution in [3.63, 3.8) is 0 Å². The molecule has 0 amide bonds. The Kier molecular flexibility index (Phi) is 5.77. The molecule has 19 heavy (non-hydrogen) atoms. The van der Waals surface area contributed by atoms with Crippen LogP contribution in [0.25, 0.3) is 0 Å². The lowest BCUT2D eigenvalue weighted by molar-refractivity contribution is -0.133. The Morgan fingerprint density at radius 1 is 1.47 bits per heavy atom. The predicted octanol–water partition coefficient (Wildman–Crippen LogP) is 1.09. The van der Waals surface area contributed by atoms with Crippen LogP contribution in [0.3, 0.4) is 0 Å². The van der Waals surface area contributed by atoms with E-state index in [1.54, 1.807) is 6.07 Å². The van der Waals surface area contributed by atoms with Crippen molar-refractivity contribution in [3.8, 4) is 0 Å². The highest BCUT2D eigenvalue weighted by Gasteiger charge is 2.07. The van der Waals surface area contributed by atoms with E-state index in [9.17, 15) is 17.6 Å². The average molecular weight is 307 g/mol. The Hall–Kier alpha value is -1.12. The number of hydrogen-bond donors (Lipinski definition) is 2. The summed E-state index contributed by atoms with van der Waals surface area (Å²) in [6.07, 6.45) is 1.42. The third kappa shape index (κ3) is 6.55. The molecule has 0 heterocycles. The van der Waals surface area contributed by atoms with Crippen LogP contribution in [0, 0.1) is 5.82 Å². The van der Waals surface area contributed by atoms with Gasteiger partial charge < -0.3 is 5.11 Å². The zero-order valence-electron chi connectivity index (χ0n) is 10.2. The molecule has 0 spiro atoms. The zero-order chi connectivity index (χ0) is 14.5. The van der Waals surface area contributed by atoms with E-state index in [-0.39, 0.29) is 17.2 Å². The summed E-state index contributed by atoms with van der Waals surface area (Å²) in [7, 11) is -3.24. The number of aliphatic carboxylic acids is 1. The van der Waals surface area contributed by atoms with Gasteiger partial charge in [0.05, 0.1) is 12.0 Å². The van der Waals surface area contributed by atoms with Crippen LogP contribution in [0.1, 0.15) is 5.56 Å². The lowest BCUT2D eigenvalue weighted by Crippen LogP contribution is -2.24. The first-order chi connectivity index (χ1) is 8.78. The highest BCUT2D eigenvalue weighted by atomic mass is 32.2. The number of nitrogens with one attached hydrogen (secondary N) is 1. The van der Waals surface area contributed by atoms with Crippen LogP contribution in [0.5, 0.6) is 0 Å². The molecular weight excluding hydrogens is 293 g/mol. The molecule has 0 aliphatic heterocycles. The molecule has 0 aliphatic carbocycles. The number of benzene rings is 1. The summed E-state index contributed by atoms with van der Waals surface area (Å²) in [5, 5.41) is 8.50. The van der Waals surface area contributed by atoms with Gasteiger partial charge in [-0.3, -0.25) is 4.79 Å². The van der Waals surface area contributed by atoms with Gasteiger partial charge in [0.1, 0.15) is 5.82 Å². The number of hydrogen-bond acceptors (Lipinski definition) is 4. The third-order valence-corrected chi connectivity index (χ3v) is 3.89. The van der Waals surface area contributed by atoms with Gasteiger partial charge in [0.2, 0.25) is 10.0 Å². The molecule has 5 nitrogen and oxygen atoms in total.